The molecule has 0 aliphatic rings. The molecule has 0 saturated heterocycles. The molecule has 0 unspecified atom stereocenters. The number of alkyl halides is 6. The van der Waals surface area contributed by atoms with Crippen molar-refractivity contribution in [3.05, 3.63) is 96.6 Å². The molecule has 0 radical (unpaired) electrons. The van der Waals surface area contributed by atoms with E-state index >= 15 is 0 Å². The maximum atomic E-state index is 14.6. The summed E-state index contributed by atoms with van der Waals surface area (Å²) in [5.74, 6) is 1.17. The first-order valence-corrected chi connectivity index (χ1v) is 11.9. The van der Waals surface area contributed by atoms with E-state index in [2.05, 4.69) is 0 Å². The van der Waals surface area contributed by atoms with Crippen molar-refractivity contribution in [2.75, 3.05) is 6.16 Å². The first-order valence-electron chi connectivity index (χ1n) is 9.93. The minimum Gasteiger partial charge on any atom is -0.258 e. The third-order valence-electron chi connectivity index (χ3n) is 5.70. The van der Waals surface area contributed by atoms with Gasteiger partial charge >= 0.3 is 12.4 Å². The first-order chi connectivity index (χ1) is 16.0. The number of hydrogen-bond donors (Lipinski definition) is 1. The zero-order chi connectivity index (χ0) is 25.0. The predicted molar refractivity (Wildman–Crippen MR) is 121 cm³/mol. The van der Waals surface area contributed by atoms with Crippen LogP contribution in [0, 0.1) is 22.2 Å². The highest BCUT2D eigenvalue weighted by Gasteiger charge is 2.78. The number of nitrogens with one attached hydrogen (secondary N) is 1. The molecule has 3 aromatic carbocycles. The van der Waals surface area contributed by atoms with Gasteiger partial charge in [-0.15, -0.1) is 0 Å². The summed E-state index contributed by atoms with van der Waals surface area (Å²) in [7, 11) is -3.68. The van der Waals surface area contributed by atoms with E-state index in [0.717, 1.165) is 6.07 Å². The van der Waals surface area contributed by atoms with Crippen LogP contribution in [0.5, 0.6) is 0 Å². The van der Waals surface area contributed by atoms with E-state index in [9.17, 15) is 31.6 Å². The lowest BCUT2D eigenvalue weighted by Crippen LogP contribution is -2.56. The molecule has 0 heterocycles. The van der Waals surface area contributed by atoms with Crippen LogP contribution in [0.15, 0.2) is 96.6 Å². The summed E-state index contributed by atoms with van der Waals surface area (Å²) in [6.07, 6.45) is -13.4. The zero-order valence-electron chi connectivity index (χ0n) is 17.5. The van der Waals surface area contributed by atoms with Crippen molar-refractivity contribution in [2.45, 2.75) is 12.4 Å². The lowest BCUT2D eigenvalue weighted by atomic mass is 9.81. The average Bonchev–Trinajstić information content (AvgIpc) is 2.82. The van der Waals surface area contributed by atoms with Gasteiger partial charge < -0.3 is 0 Å². The van der Waals surface area contributed by atoms with Crippen LogP contribution in [0.3, 0.4) is 0 Å². The Balaban J connectivity index is 2.55. The molecule has 0 spiro atoms. The van der Waals surface area contributed by atoms with Gasteiger partial charge in [0.2, 0.25) is 5.41 Å². The lowest BCUT2D eigenvalue weighted by molar-refractivity contribution is -0.315. The second-order valence-corrected chi connectivity index (χ2v) is 11.0. The maximum absolute atomic E-state index is 14.6. The van der Waals surface area contributed by atoms with E-state index in [1.54, 1.807) is 54.6 Å². The first kappa shape index (κ1) is 25.2. The maximum Gasteiger partial charge on any atom is 0.412 e. The van der Waals surface area contributed by atoms with Gasteiger partial charge in [0.1, 0.15) is 41.0 Å². The van der Waals surface area contributed by atoms with E-state index in [0.29, 0.717) is 0 Å². The SMILES string of the molecule is N#CC(=C=N)C(C[P+](c1ccccc1)(c1ccccc1)c1ccccc1)(C(F)(F)F)C(F)(F)F. The highest BCUT2D eigenvalue weighted by molar-refractivity contribution is 7.95. The third-order valence-corrected chi connectivity index (χ3v) is 10.2. The Hall–Kier alpha value is -3.39. The molecule has 174 valence electrons. The fourth-order valence-corrected chi connectivity index (χ4v) is 8.77. The van der Waals surface area contributed by atoms with E-state index < -0.39 is 36.8 Å². The van der Waals surface area contributed by atoms with Crippen molar-refractivity contribution in [3.63, 3.8) is 0 Å². The number of hydrogen-bond acceptors (Lipinski definition) is 2. The van der Waals surface area contributed by atoms with E-state index in [4.69, 9.17) is 5.41 Å². The van der Waals surface area contributed by atoms with Crippen LogP contribution in [0.2, 0.25) is 0 Å². The van der Waals surface area contributed by atoms with Gasteiger partial charge in [-0.3, -0.25) is 5.41 Å². The second-order valence-electron chi connectivity index (χ2n) is 7.49. The summed E-state index contributed by atoms with van der Waals surface area (Å²) in [5.41, 5.74) is -6.43. The number of benzene rings is 3. The number of allylic oxidation sites excluding steroid dienone is 1. The number of rotatable bonds is 6. The van der Waals surface area contributed by atoms with Crippen LogP contribution in [0.1, 0.15) is 0 Å². The Morgan fingerprint density at radius 2 is 1.00 bits per heavy atom. The Labute approximate surface area is 193 Å². The van der Waals surface area contributed by atoms with E-state index in [1.807, 2.05) is 0 Å². The van der Waals surface area contributed by atoms with Crippen LogP contribution in [-0.4, -0.2) is 24.4 Å². The molecule has 0 aromatic heterocycles. The predicted octanol–water partition coefficient (Wildman–Crippen LogP) is 5.79. The molecule has 3 aromatic rings. The molecule has 0 amide bonds. The molecule has 0 aliphatic carbocycles. The minimum atomic E-state index is -5.92. The molecule has 2 nitrogen and oxygen atoms in total. The summed E-state index contributed by atoms with van der Waals surface area (Å²) in [4.78, 5) is 0. The number of halogens is 6. The molecule has 0 fully saturated rings. The molecule has 34 heavy (non-hydrogen) atoms. The van der Waals surface area contributed by atoms with Crippen LogP contribution in [0.4, 0.5) is 26.3 Å². The number of nitrogens with zero attached hydrogens (tertiary/aromatic N) is 1. The fraction of sp³-hybridized carbons (Fsp3) is 0.160. The van der Waals surface area contributed by atoms with Crippen molar-refractivity contribution >= 4 is 29.0 Å². The van der Waals surface area contributed by atoms with E-state index in [-0.39, 0.29) is 15.9 Å². The summed E-state index contributed by atoms with van der Waals surface area (Å²) < 4.78 is 87.5. The van der Waals surface area contributed by atoms with Gasteiger partial charge in [-0.1, -0.05) is 54.6 Å². The number of nitriles is 1. The second kappa shape index (κ2) is 9.46. The molecular weight excluding hydrogens is 473 g/mol. The quantitative estimate of drug-likeness (QED) is 0.202. The largest absolute Gasteiger partial charge is 0.412 e. The van der Waals surface area contributed by atoms with Gasteiger partial charge in [-0.05, 0) is 42.3 Å². The van der Waals surface area contributed by atoms with E-state index in [1.165, 1.54) is 42.3 Å². The Bertz CT molecular complexity index is 1100. The van der Waals surface area contributed by atoms with Crippen LogP contribution in [-0.2, 0) is 0 Å². The van der Waals surface area contributed by atoms with Crippen molar-refractivity contribution in [2.24, 2.45) is 5.41 Å². The third kappa shape index (κ3) is 4.14. The zero-order valence-corrected chi connectivity index (χ0v) is 18.4. The Kier molecular flexibility index (Phi) is 7.02. The van der Waals surface area contributed by atoms with Gasteiger partial charge in [0.25, 0.3) is 0 Å². The summed E-state index contributed by atoms with van der Waals surface area (Å²) in [6, 6.07) is 24.2. The molecule has 0 aliphatic heterocycles. The Morgan fingerprint density at radius 1 is 0.676 bits per heavy atom. The molecule has 0 saturated carbocycles. The topological polar surface area (TPSA) is 47.6 Å². The van der Waals surface area contributed by atoms with Crippen LogP contribution < -0.4 is 15.9 Å². The van der Waals surface area contributed by atoms with Crippen LogP contribution >= 0.6 is 7.26 Å². The van der Waals surface area contributed by atoms with Crippen molar-refractivity contribution in [3.8, 4) is 6.07 Å². The molecule has 0 bridgehead atoms. The monoisotopic (exact) mass is 491 g/mol. The smallest absolute Gasteiger partial charge is 0.258 e. The molecule has 0 atom stereocenters. The molecular formula is C25H18F6N2P+. The van der Waals surface area contributed by atoms with Gasteiger partial charge in [0.15, 0.2) is 0 Å². The Morgan fingerprint density at radius 3 is 1.24 bits per heavy atom. The lowest BCUT2D eigenvalue weighted by Gasteiger charge is -2.40. The van der Waals surface area contributed by atoms with Gasteiger partial charge in [0.05, 0.1) is 0 Å². The standard InChI is InChI=1S/C25H18F6N2P/c26-24(27,28)23(25(29,30)31,19(16-32)17-33)18-34(20-10-4-1-5-11-20,21-12-6-2-7-13-21)22-14-8-3-9-15-22/h1-15,32H,18H2/q+1. The molecule has 1 N–H and O–H groups in total. The van der Waals surface area contributed by atoms with Gasteiger partial charge in [-0.25, -0.2) is 0 Å². The normalized spacial score (nSPS) is 12.5. The van der Waals surface area contributed by atoms with Gasteiger partial charge in [0, 0.05) is 0 Å². The van der Waals surface area contributed by atoms with Gasteiger partial charge in [-0.2, -0.15) is 31.6 Å². The van der Waals surface area contributed by atoms with Crippen molar-refractivity contribution < 1.29 is 26.3 Å². The molecule has 3 rings (SSSR count). The van der Waals surface area contributed by atoms with Crippen LogP contribution in [0.25, 0.3) is 0 Å². The summed E-state index contributed by atoms with van der Waals surface area (Å²) >= 11 is 0. The van der Waals surface area contributed by atoms with Crippen molar-refractivity contribution in [1.29, 1.82) is 10.7 Å². The fourth-order valence-electron chi connectivity index (χ4n) is 4.06. The average molecular weight is 491 g/mol. The molecule has 9 heteroatoms. The highest BCUT2D eigenvalue weighted by atomic mass is 31.2. The summed E-state index contributed by atoms with van der Waals surface area (Å²) in [5, 5.41) is 17.4. The minimum absolute atomic E-state index is 0.285. The summed E-state index contributed by atoms with van der Waals surface area (Å²) in [6.45, 7) is 0. The van der Waals surface area contributed by atoms with Crippen molar-refractivity contribution in [1.82, 2.24) is 0 Å². The highest BCUT2D eigenvalue weighted by Crippen LogP contribution is 2.66.